The highest BCUT2D eigenvalue weighted by Gasteiger charge is 2.38. The molecular weight excluding hydrogens is 1050 g/mol. The van der Waals surface area contributed by atoms with Gasteiger partial charge in [0.2, 0.25) is 47.3 Å². The van der Waals surface area contributed by atoms with Gasteiger partial charge in [-0.1, -0.05) is 60.8 Å². The first-order chi connectivity index (χ1) is 38.2. The first kappa shape index (κ1) is 73.5. The van der Waals surface area contributed by atoms with Gasteiger partial charge in [0, 0.05) is 50.0 Å². The Kier molecular flexibility index (Phi) is 35.4. The van der Waals surface area contributed by atoms with E-state index in [0.717, 1.165) is 19.3 Å². The van der Waals surface area contributed by atoms with Crippen molar-refractivity contribution < 1.29 is 63.0 Å². The van der Waals surface area contributed by atoms with Crippen LogP contribution < -0.4 is 71.2 Å². The van der Waals surface area contributed by atoms with Crippen LogP contribution >= 0.6 is 0 Å². The van der Waals surface area contributed by atoms with E-state index >= 15 is 0 Å². The average Bonchev–Trinajstić information content (AvgIpc) is 3.39. The normalized spacial score (nSPS) is 23.8. The van der Waals surface area contributed by atoms with Gasteiger partial charge in [0.1, 0.15) is 42.0 Å². The van der Waals surface area contributed by atoms with Crippen molar-refractivity contribution in [1.29, 1.82) is 0 Å². The van der Waals surface area contributed by atoms with Gasteiger partial charge in [0.15, 0.2) is 11.6 Å². The standard InChI is InChI=1S/C55H101N13O13/c1-9-32(6)12-10-11-13-38(71)27-35(14-20-56)49(75)67-46(33(7)69)44(73)28-36(15-21-57)48(74)63-42-19-25-61-54(80)47(34(8)70)68-53(79)41(18-24-60)64-51(77)40(17-23-59)65-55(81)45(31(4)5)66-50(76)37(26-30(2)3)29-43(72)39(16-22-58)62-52(42)78/h30-37,39-42,45-47,69-70H,9-29,56-60H2,1-8H3,(H,61,80)(H,62,78)(H,63,74)(H,64,77)(H,65,81)(H,66,76)(H,67,75)(H,68,79)/t32-,33+,34+,35+,36+,37-,39-,40-,41-,42-,45-,46-,47-/m0/s1. The third-order valence-corrected chi connectivity index (χ3v) is 14.5. The summed E-state index contributed by atoms with van der Waals surface area (Å²) in [5, 5.41) is 42.2. The Labute approximate surface area is 478 Å². The van der Waals surface area contributed by atoms with Crippen LogP contribution in [0.4, 0.5) is 0 Å². The van der Waals surface area contributed by atoms with E-state index in [-0.39, 0.29) is 95.8 Å². The lowest BCUT2D eigenvalue weighted by Gasteiger charge is -2.29. The van der Waals surface area contributed by atoms with Crippen molar-refractivity contribution in [3.05, 3.63) is 0 Å². The molecule has 20 N–H and O–H groups in total. The van der Waals surface area contributed by atoms with Crippen LogP contribution in [0.25, 0.3) is 0 Å². The van der Waals surface area contributed by atoms with Crippen LogP contribution in [0.15, 0.2) is 0 Å². The number of nitrogens with two attached hydrogens (primary N) is 5. The van der Waals surface area contributed by atoms with Crippen LogP contribution in [0, 0.1) is 35.5 Å². The zero-order valence-corrected chi connectivity index (χ0v) is 49.3. The van der Waals surface area contributed by atoms with Crippen molar-refractivity contribution in [3.8, 4) is 0 Å². The number of hydrogen-bond acceptors (Lipinski definition) is 18. The molecule has 0 spiro atoms. The summed E-state index contributed by atoms with van der Waals surface area (Å²) in [4.78, 5) is 153. The Morgan fingerprint density at radius 2 is 1.14 bits per heavy atom. The largest absolute Gasteiger partial charge is 0.391 e. The third-order valence-electron chi connectivity index (χ3n) is 14.5. The first-order valence-electron chi connectivity index (χ1n) is 29.0. The van der Waals surface area contributed by atoms with Gasteiger partial charge in [-0.2, -0.15) is 0 Å². The molecule has 0 saturated carbocycles. The minimum atomic E-state index is -1.66. The number of unbranched alkanes of at least 4 members (excludes halogenated alkanes) is 1. The second-order valence-corrected chi connectivity index (χ2v) is 22.5. The summed E-state index contributed by atoms with van der Waals surface area (Å²) in [6.07, 6.45) is -1.01. The molecule has 0 radical (unpaired) electrons. The van der Waals surface area contributed by atoms with Crippen molar-refractivity contribution in [2.24, 2.45) is 64.2 Å². The number of amides is 8. The number of carbonyl (C=O) groups excluding carboxylic acids is 11. The van der Waals surface area contributed by atoms with Gasteiger partial charge in [-0.05, 0) is 116 Å². The molecule has 13 atom stereocenters. The molecule has 1 saturated heterocycles. The number of aliphatic hydroxyl groups excluding tert-OH is 2. The van der Waals surface area contributed by atoms with Crippen LogP contribution in [0.3, 0.4) is 0 Å². The van der Waals surface area contributed by atoms with E-state index < -0.39 is 163 Å². The van der Waals surface area contributed by atoms with Crippen molar-refractivity contribution in [2.75, 3.05) is 39.3 Å². The Hall–Kier alpha value is -5.51. The molecule has 81 heavy (non-hydrogen) atoms. The summed E-state index contributed by atoms with van der Waals surface area (Å²) >= 11 is 0. The van der Waals surface area contributed by atoms with Gasteiger partial charge >= 0.3 is 0 Å². The summed E-state index contributed by atoms with van der Waals surface area (Å²) in [6.45, 7) is 12.8. The summed E-state index contributed by atoms with van der Waals surface area (Å²) in [5.74, 6) is -11.6. The number of nitrogens with one attached hydrogen (secondary N) is 8. The summed E-state index contributed by atoms with van der Waals surface area (Å²) in [6, 6.07) is -10.0. The maximum Gasteiger partial charge on any atom is 0.245 e. The van der Waals surface area contributed by atoms with Gasteiger partial charge in [-0.25, -0.2) is 0 Å². The van der Waals surface area contributed by atoms with Crippen molar-refractivity contribution >= 4 is 64.6 Å². The molecule has 464 valence electrons. The van der Waals surface area contributed by atoms with E-state index in [1.165, 1.54) is 13.8 Å². The highest BCUT2D eigenvalue weighted by atomic mass is 16.3. The third kappa shape index (κ3) is 27.0. The van der Waals surface area contributed by atoms with Gasteiger partial charge in [-0.3, -0.25) is 52.7 Å². The number of aliphatic hydroxyl groups is 2. The molecule has 26 heteroatoms. The lowest BCUT2D eigenvalue weighted by molar-refractivity contribution is -0.137. The predicted molar refractivity (Wildman–Crippen MR) is 304 cm³/mol. The van der Waals surface area contributed by atoms with Crippen LogP contribution in [0.2, 0.25) is 0 Å². The lowest BCUT2D eigenvalue weighted by Crippen LogP contribution is -2.60. The van der Waals surface area contributed by atoms with Crippen molar-refractivity contribution in [1.82, 2.24) is 42.5 Å². The molecule has 1 rings (SSSR count). The summed E-state index contributed by atoms with van der Waals surface area (Å²) < 4.78 is 0. The molecule has 1 aliphatic heterocycles. The first-order valence-corrected chi connectivity index (χ1v) is 29.0. The molecule has 8 amide bonds. The Balaban J connectivity index is 3.79. The van der Waals surface area contributed by atoms with E-state index in [9.17, 15) is 63.0 Å². The van der Waals surface area contributed by atoms with Crippen LogP contribution in [-0.2, 0) is 52.7 Å². The van der Waals surface area contributed by atoms with E-state index in [4.69, 9.17) is 28.7 Å². The maximum atomic E-state index is 14.5. The number of ketones is 3. The van der Waals surface area contributed by atoms with Crippen LogP contribution in [0.5, 0.6) is 0 Å². The zero-order chi connectivity index (χ0) is 61.5. The minimum absolute atomic E-state index is 0.0612. The Bertz CT molecular complexity index is 2040. The fraction of sp³-hybridized carbons (Fsp3) is 0.800. The predicted octanol–water partition coefficient (Wildman–Crippen LogP) is -2.56. The molecule has 0 aromatic heterocycles. The van der Waals surface area contributed by atoms with Gasteiger partial charge in [-0.15, -0.1) is 0 Å². The molecule has 1 aliphatic rings. The SMILES string of the molecule is CC[C@H](C)CCCCC(=O)C[C@@H](CCN)C(=O)N[C@H](C(=O)C[C@@H](CCN)C(=O)N[C@H]1CCNC(=O)[C@H]([C@@H](C)O)NC(=O)[C@H](CCN)NC(=O)[C@H](CCN)NC(=O)[C@H](C(C)C)NC(=O)[C@@H](CC(C)C)CC(=O)[C@H](CCN)NC1=O)[C@@H](C)O. The second-order valence-electron chi connectivity index (χ2n) is 22.5. The highest BCUT2D eigenvalue weighted by molar-refractivity contribution is 5.99. The van der Waals surface area contributed by atoms with E-state index in [1.54, 1.807) is 13.8 Å². The molecule has 1 heterocycles. The second kappa shape index (κ2) is 39.1. The number of rotatable bonds is 30. The fourth-order valence-electron chi connectivity index (χ4n) is 9.43. The molecule has 0 unspecified atom stereocenters. The van der Waals surface area contributed by atoms with E-state index in [2.05, 4.69) is 56.4 Å². The molecule has 0 aliphatic carbocycles. The van der Waals surface area contributed by atoms with Crippen LogP contribution in [-0.4, -0.2) is 169 Å². The summed E-state index contributed by atoms with van der Waals surface area (Å²) in [7, 11) is 0. The monoisotopic (exact) mass is 1150 g/mol. The Morgan fingerprint density at radius 3 is 1.65 bits per heavy atom. The van der Waals surface area contributed by atoms with Gasteiger partial charge in [0.25, 0.3) is 0 Å². The Morgan fingerprint density at radius 1 is 0.605 bits per heavy atom. The molecular formula is C55H101N13O13. The van der Waals surface area contributed by atoms with Gasteiger partial charge in [0.05, 0.1) is 18.2 Å². The maximum absolute atomic E-state index is 14.5. The van der Waals surface area contributed by atoms with Crippen molar-refractivity contribution in [3.63, 3.8) is 0 Å². The van der Waals surface area contributed by atoms with Crippen molar-refractivity contribution in [2.45, 2.75) is 206 Å². The smallest absolute Gasteiger partial charge is 0.245 e. The molecule has 0 aromatic rings. The molecule has 26 nitrogen and oxygen atoms in total. The minimum Gasteiger partial charge on any atom is -0.391 e. The number of hydrogen-bond donors (Lipinski definition) is 15. The molecule has 1 fully saturated rings. The van der Waals surface area contributed by atoms with Crippen LogP contribution in [0.1, 0.15) is 152 Å². The zero-order valence-electron chi connectivity index (χ0n) is 49.3. The number of carbonyl (C=O) groups is 11. The topological polar surface area (TPSA) is 455 Å². The van der Waals surface area contributed by atoms with E-state index in [1.807, 2.05) is 13.8 Å². The average molecular weight is 1150 g/mol. The summed E-state index contributed by atoms with van der Waals surface area (Å²) in [5.41, 5.74) is 29.3. The van der Waals surface area contributed by atoms with Gasteiger partial charge < -0.3 is 81.4 Å². The van der Waals surface area contributed by atoms with E-state index in [0.29, 0.717) is 12.3 Å². The quantitative estimate of drug-likeness (QED) is 0.0329. The highest BCUT2D eigenvalue weighted by Crippen LogP contribution is 2.21. The fourth-order valence-corrected chi connectivity index (χ4v) is 9.43. The lowest BCUT2D eigenvalue weighted by atomic mass is 9.88. The number of Topliss-reactive ketones (excluding diaryl/α,β-unsaturated/α-hetero) is 3. The molecule has 0 bridgehead atoms. The molecule has 0 aromatic carbocycles.